The summed E-state index contributed by atoms with van der Waals surface area (Å²) >= 11 is 1.99. The van der Waals surface area contributed by atoms with E-state index in [1.165, 1.54) is 24.7 Å². The first-order valence-electron chi connectivity index (χ1n) is 7.53. The molecule has 1 heterocycles. The highest BCUT2D eigenvalue weighted by Crippen LogP contribution is 2.36. The lowest BCUT2D eigenvalue weighted by Gasteiger charge is -2.24. The SMILES string of the molecule is CN=C(NCc1cccc(S(N)(=O)=O)c1)NCC1(C)CCCS1.I. The maximum absolute atomic E-state index is 11.4. The molecule has 136 valence electrons. The van der Waals surface area contributed by atoms with E-state index < -0.39 is 10.0 Å². The van der Waals surface area contributed by atoms with Crippen LogP contribution in [0.1, 0.15) is 25.3 Å². The number of aliphatic imine (C=N–C) groups is 1. The molecule has 0 aromatic heterocycles. The number of hydrogen-bond donors (Lipinski definition) is 3. The molecule has 0 amide bonds. The van der Waals surface area contributed by atoms with Crippen molar-refractivity contribution in [1.82, 2.24) is 10.6 Å². The fourth-order valence-corrected chi connectivity index (χ4v) is 4.31. The first kappa shape index (κ1) is 21.5. The quantitative estimate of drug-likeness (QED) is 0.337. The molecule has 1 fully saturated rings. The van der Waals surface area contributed by atoms with Crippen molar-refractivity contribution in [3.63, 3.8) is 0 Å². The fraction of sp³-hybridized carbons (Fsp3) is 0.533. The molecule has 0 spiro atoms. The van der Waals surface area contributed by atoms with Gasteiger partial charge in [-0.2, -0.15) is 11.8 Å². The lowest BCUT2D eigenvalue weighted by Crippen LogP contribution is -2.43. The highest BCUT2D eigenvalue weighted by molar-refractivity contribution is 14.0. The summed E-state index contributed by atoms with van der Waals surface area (Å²) in [6.07, 6.45) is 2.47. The smallest absolute Gasteiger partial charge is 0.238 e. The highest BCUT2D eigenvalue weighted by atomic mass is 127. The molecule has 1 atom stereocenters. The lowest BCUT2D eigenvalue weighted by molar-refractivity contribution is 0.584. The molecule has 24 heavy (non-hydrogen) atoms. The third kappa shape index (κ3) is 6.41. The van der Waals surface area contributed by atoms with E-state index in [9.17, 15) is 8.42 Å². The standard InChI is InChI=1S/C15H24N4O2S2.HI/c1-15(7-4-8-22-15)11-19-14(17-2)18-10-12-5-3-6-13(9-12)23(16,20)21;/h3,5-6,9H,4,7-8,10-11H2,1-2H3,(H2,16,20,21)(H2,17,18,19);1H. The third-order valence-electron chi connectivity index (χ3n) is 3.84. The van der Waals surface area contributed by atoms with E-state index in [1.807, 2.05) is 17.8 Å². The molecule has 1 unspecified atom stereocenters. The minimum absolute atomic E-state index is 0. The van der Waals surface area contributed by atoms with Gasteiger partial charge in [0.05, 0.1) is 4.90 Å². The minimum Gasteiger partial charge on any atom is -0.355 e. The Bertz CT molecular complexity index is 674. The van der Waals surface area contributed by atoms with Gasteiger partial charge in [-0.3, -0.25) is 4.99 Å². The van der Waals surface area contributed by atoms with Crippen LogP contribution in [-0.2, 0) is 16.6 Å². The van der Waals surface area contributed by atoms with Crippen molar-refractivity contribution in [3.05, 3.63) is 29.8 Å². The number of halogens is 1. The zero-order valence-electron chi connectivity index (χ0n) is 13.9. The Balaban J connectivity index is 0.00000288. The van der Waals surface area contributed by atoms with Crippen LogP contribution in [0.3, 0.4) is 0 Å². The largest absolute Gasteiger partial charge is 0.355 e. The Kier molecular flexibility index (Phi) is 8.30. The number of nitrogens with two attached hydrogens (primary N) is 1. The molecule has 2 rings (SSSR count). The van der Waals surface area contributed by atoms with E-state index in [1.54, 1.807) is 19.2 Å². The van der Waals surface area contributed by atoms with Crippen LogP contribution < -0.4 is 15.8 Å². The first-order chi connectivity index (χ1) is 10.8. The molecule has 1 saturated heterocycles. The zero-order chi connectivity index (χ0) is 16.9. The van der Waals surface area contributed by atoms with Gasteiger partial charge >= 0.3 is 0 Å². The second kappa shape index (κ2) is 9.25. The van der Waals surface area contributed by atoms with Crippen molar-refractivity contribution in [3.8, 4) is 0 Å². The lowest BCUT2D eigenvalue weighted by atomic mass is 10.1. The average molecular weight is 484 g/mol. The van der Waals surface area contributed by atoms with Crippen LogP contribution in [0.2, 0.25) is 0 Å². The Morgan fingerprint density at radius 2 is 2.17 bits per heavy atom. The second-order valence-electron chi connectivity index (χ2n) is 5.87. The van der Waals surface area contributed by atoms with Crippen LogP contribution in [0.15, 0.2) is 34.2 Å². The number of benzene rings is 1. The van der Waals surface area contributed by atoms with Gasteiger partial charge in [0.1, 0.15) is 0 Å². The van der Waals surface area contributed by atoms with Gasteiger partial charge in [0.25, 0.3) is 0 Å². The van der Waals surface area contributed by atoms with E-state index in [2.05, 4.69) is 22.5 Å². The maximum Gasteiger partial charge on any atom is 0.238 e. The van der Waals surface area contributed by atoms with Gasteiger partial charge in [-0.1, -0.05) is 12.1 Å². The van der Waals surface area contributed by atoms with Crippen LogP contribution in [-0.4, -0.2) is 38.5 Å². The monoisotopic (exact) mass is 484 g/mol. The van der Waals surface area contributed by atoms with Crippen molar-refractivity contribution in [2.75, 3.05) is 19.3 Å². The molecule has 1 aromatic rings. The minimum atomic E-state index is -3.68. The van der Waals surface area contributed by atoms with Crippen molar-refractivity contribution in [1.29, 1.82) is 0 Å². The summed E-state index contributed by atoms with van der Waals surface area (Å²) < 4.78 is 23.0. The van der Waals surface area contributed by atoms with Crippen molar-refractivity contribution in [2.24, 2.45) is 10.1 Å². The summed E-state index contributed by atoms with van der Waals surface area (Å²) in [7, 11) is -1.95. The van der Waals surface area contributed by atoms with E-state index in [0.29, 0.717) is 12.5 Å². The van der Waals surface area contributed by atoms with Gasteiger partial charge in [-0.25, -0.2) is 13.6 Å². The zero-order valence-corrected chi connectivity index (χ0v) is 17.9. The Morgan fingerprint density at radius 1 is 1.42 bits per heavy atom. The van der Waals surface area contributed by atoms with E-state index in [0.717, 1.165) is 12.1 Å². The van der Waals surface area contributed by atoms with Crippen molar-refractivity contribution in [2.45, 2.75) is 36.0 Å². The van der Waals surface area contributed by atoms with Gasteiger partial charge < -0.3 is 10.6 Å². The Labute approximate surface area is 165 Å². The van der Waals surface area contributed by atoms with Crippen LogP contribution >= 0.6 is 35.7 Å². The van der Waals surface area contributed by atoms with Crippen LogP contribution in [0.4, 0.5) is 0 Å². The maximum atomic E-state index is 11.4. The van der Waals surface area contributed by atoms with Crippen LogP contribution in [0.25, 0.3) is 0 Å². The molecule has 0 bridgehead atoms. The van der Waals surface area contributed by atoms with E-state index >= 15 is 0 Å². The third-order valence-corrected chi connectivity index (χ3v) is 6.29. The topological polar surface area (TPSA) is 96.6 Å². The predicted molar refractivity (Wildman–Crippen MR) is 112 cm³/mol. The molecule has 9 heteroatoms. The normalized spacial score (nSPS) is 21.2. The molecule has 4 N–H and O–H groups in total. The van der Waals surface area contributed by atoms with Gasteiger partial charge in [0.15, 0.2) is 5.96 Å². The molecule has 0 saturated carbocycles. The van der Waals surface area contributed by atoms with Gasteiger partial charge in [-0.05, 0) is 43.2 Å². The number of thioether (sulfide) groups is 1. The molecule has 0 radical (unpaired) electrons. The Hall–Kier alpha value is -0.520. The summed E-state index contributed by atoms with van der Waals surface area (Å²) in [5.74, 6) is 1.92. The van der Waals surface area contributed by atoms with E-state index in [-0.39, 0.29) is 33.6 Å². The molecular weight excluding hydrogens is 459 g/mol. The predicted octanol–water partition coefficient (Wildman–Crippen LogP) is 1.90. The molecule has 0 aliphatic carbocycles. The van der Waals surface area contributed by atoms with Crippen molar-refractivity contribution < 1.29 is 8.42 Å². The molecule has 1 aromatic carbocycles. The summed E-state index contributed by atoms with van der Waals surface area (Å²) in [5.41, 5.74) is 0.834. The Morgan fingerprint density at radius 3 is 2.75 bits per heavy atom. The number of nitrogens with one attached hydrogen (secondary N) is 2. The van der Waals surface area contributed by atoms with Crippen LogP contribution in [0, 0.1) is 0 Å². The number of hydrogen-bond acceptors (Lipinski definition) is 4. The van der Waals surface area contributed by atoms with Gasteiger partial charge in [0, 0.05) is 24.9 Å². The molecule has 1 aliphatic heterocycles. The number of nitrogens with zero attached hydrogens (tertiary/aromatic N) is 1. The molecule has 6 nitrogen and oxygen atoms in total. The fourth-order valence-electron chi connectivity index (χ4n) is 2.49. The van der Waals surface area contributed by atoms with Crippen molar-refractivity contribution >= 4 is 51.7 Å². The summed E-state index contributed by atoms with van der Waals surface area (Å²) in [5, 5.41) is 11.7. The first-order valence-corrected chi connectivity index (χ1v) is 10.1. The second-order valence-corrected chi connectivity index (χ2v) is 9.12. The number of primary sulfonamides is 1. The number of guanidine groups is 1. The molecular formula is C15H25IN4O2S2. The number of sulfonamides is 1. The van der Waals surface area contributed by atoms with Crippen LogP contribution in [0.5, 0.6) is 0 Å². The molecule has 1 aliphatic rings. The summed E-state index contributed by atoms with van der Waals surface area (Å²) in [6.45, 7) is 3.60. The van der Waals surface area contributed by atoms with E-state index in [4.69, 9.17) is 5.14 Å². The van der Waals surface area contributed by atoms with Gasteiger partial charge in [0.2, 0.25) is 10.0 Å². The summed E-state index contributed by atoms with van der Waals surface area (Å²) in [4.78, 5) is 4.33. The van der Waals surface area contributed by atoms with Gasteiger partial charge in [-0.15, -0.1) is 24.0 Å². The average Bonchev–Trinajstić information content (AvgIpc) is 2.94. The summed E-state index contributed by atoms with van der Waals surface area (Å²) in [6, 6.07) is 6.60. The highest BCUT2D eigenvalue weighted by Gasteiger charge is 2.29. The number of rotatable bonds is 5.